The van der Waals surface area contributed by atoms with Crippen molar-refractivity contribution in [1.82, 2.24) is 0 Å². The molecule has 10 heavy (non-hydrogen) atoms. The SMILES string of the molecule is CC1=NCC([N+](=O)[O-])CC1. The molecule has 1 unspecified atom stereocenters. The van der Waals surface area contributed by atoms with Crippen molar-refractivity contribution in [2.45, 2.75) is 25.8 Å². The van der Waals surface area contributed by atoms with Crippen molar-refractivity contribution in [3.63, 3.8) is 0 Å². The average Bonchev–Trinajstić information content (AvgIpc) is 1.88. The highest BCUT2D eigenvalue weighted by Crippen LogP contribution is 2.09. The smallest absolute Gasteiger partial charge is 0.232 e. The van der Waals surface area contributed by atoms with Crippen LogP contribution in [0.25, 0.3) is 0 Å². The normalized spacial score (nSPS) is 25.7. The van der Waals surface area contributed by atoms with Gasteiger partial charge in [-0.3, -0.25) is 15.1 Å². The van der Waals surface area contributed by atoms with Crippen molar-refractivity contribution in [2.75, 3.05) is 6.54 Å². The van der Waals surface area contributed by atoms with Crippen LogP contribution in [0, 0.1) is 10.1 Å². The van der Waals surface area contributed by atoms with Crippen LogP contribution in [0.2, 0.25) is 0 Å². The first-order valence-electron chi connectivity index (χ1n) is 3.33. The molecule has 0 aliphatic carbocycles. The topological polar surface area (TPSA) is 55.5 Å². The second-order valence-corrected chi connectivity index (χ2v) is 2.55. The number of aliphatic imine (C=N–C) groups is 1. The van der Waals surface area contributed by atoms with Gasteiger partial charge in [-0.15, -0.1) is 0 Å². The molecule has 0 bridgehead atoms. The van der Waals surface area contributed by atoms with Crippen molar-refractivity contribution in [2.24, 2.45) is 4.99 Å². The Bertz CT molecular complexity index is 177. The summed E-state index contributed by atoms with van der Waals surface area (Å²) < 4.78 is 0. The summed E-state index contributed by atoms with van der Waals surface area (Å²) in [6, 6.07) is -0.427. The number of rotatable bonds is 1. The average molecular weight is 142 g/mol. The van der Waals surface area contributed by atoms with E-state index in [4.69, 9.17) is 0 Å². The van der Waals surface area contributed by atoms with Crippen LogP contribution in [0.3, 0.4) is 0 Å². The summed E-state index contributed by atoms with van der Waals surface area (Å²) in [4.78, 5) is 14.0. The van der Waals surface area contributed by atoms with Crippen LogP contribution < -0.4 is 0 Å². The molecule has 0 N–H and O–H groups in total. The molecule has 1 atom stereocenters. The molecule has 1 rings (SSSR count). The molecule has 0 aromatic carbocycles. The van der Waals surface area contributed by atoms with Gasteiger partial charge in [0.05, 0.1) is 0 Å². The lowest BCUT2D eigenvalue weighted by atomic mass is 10.1. The van der Waals surface area contributed by atoms with Gasteiger partial charge in [-0.1, -0.05) is 0 Å². The fraction of sp³-hybridized carbons (Fsp3) is 0.833. The van der Waals surface area contributed by atoms with Crippen molar-refractivity contribution >= 4 is 5.71 Å². The van der Waals surface area contributed by atoms with E-state index in [9.17, 15) is 10.1 Å². The van der Waals surface area contributed by atoms with Gasteiger partial charge in [0.2, 0.25) is 6.04 Å². The molecule has 4 heteroatoms. The highest BCUT2D eigenvalue weighted by Gasteiger charge is 2.22. The third-order valence-electron chi connectivity index (χ3n) is 1.71. The molecule has 0 saturated heterocycles. The van der Waals surface area contributed by atoms with Gasteiger partial charge < -0.3 is 0 Å². The van der Waals surface area contributed by atoms with Crippen molar-refractivity contribution in [1.29, 1.82) is 0 Å². The summed E-state index contributed by atoms with van der Waals surface area (Å²) in [7, 11) is 0. The summed E-state index contributed by atoms with van der Waals surface area (Å²) in [5.41, 5.74) is 1.04. The molecule has 0 radical (unpaired) electrons. The van der Waals surface area contributed by atoms with Gasteiger partial charge in [0.1, 0.15) is 6.54 Å². The lowest BCUT2D eigenvalue weighted by molar-refractivity contribution is -0.520. The predicted molar refractivity (Wildman–Crippen MR) is 38.0 cm³/mol. The Hall–Kier alpha value is -0.930. The molecule has 0 amide bonds. The van der Waals surface area contributed by atoms with Crippen molar-refractivity contribution < 1.29 is 4.92 Å². The third kappa shape index (κ3) is 1.52. The van der Waals surface area contributed by atoms with Crippen LogP contribution in [0.5, 0.6) is 0 Å². The lowest BCUT2D eigenvalue weighted by Gasteiger charge is -2.11. The molecule has 1 aliphatic rings. The monoisotopic (exact) mass is 142 g/mol. The fourth-order valence-corrected chi connectivity index (χ4v) is 0.979. The predicted octanol–water partition coefficient (Wildman–Crippen LogP) is 0.886. The van der Waals surface area contributed by atoms with Gasteiger partial charge in [0, 0.05) is 17.1 Å². The van der Waals surface area contributed by atoms with E-state index in [1.165, 1.54) is 0 Å². The second-order valence-electron chi connectivity index (χ2n) is 2.55. The minimum atomic E-state index is -0.427. The summed E-state index contributed by atoms with van der Waals surface area (Å²) in [5.74, 6) is 0. The van der Waals surface area contributed by atoms with E-state index < -0.39 is 6.04 Å². The Kier molecular flexibility index (Phi) is 1.99. The minimum Gasteiger partial charge on any atom is -0.287 e. The Morgan fingerprint density at radius 2 is 2.50 bits per heavy atom. The molecule has 1 heterocycles. The molecule has 0 spiro atoms. The molecule has 1 aliphatic heterocycles. The first-order chi connectivity index (χ1) is 4.70. The molecular weight excluding hydrogens is 132 g/mol. The molecule has 0 saturated carbocycles. The van der Waals surface area contributed by atoms with Crippen LogP contribution in [0.15, 0.2) is 4.99 Å². The molecule has 0 aromatic heterocycles. The van der Waals surface area contributed by atoms with Gasteiger partial charge >= 0.3 is 0 Å². The van der Waals surface area contributed by atoms with Crippen LogP contribution in [0.1, 0.15) is 19.8 Å². The van der Waals surface area contributed by atoms with Gasteiger partial charge in [0.15, 0.2) is 0 Å². The van der Waals surface area contributed by atoms with E-state index in [0.717, 1.165) is 12.1 Å². The maximum Gasteiger partial charge on any atom is 0.232 e. The Morgan fingerprint density at radius 1 is 1.80 bits per heavy atom. The standard InChI is InChI=1S/C6H10N2O2/c1-5-2-3-6(4-7-5)8(9)10/h6H,2-4H2,1H3. The first kappa shape index (κ1) is 7.18. The summed E-state index contributed by atoms with van der Waals surface area (Å²) >= 11 is 0. The molecule has 56 valence electrons. The number of hydrogen-bond donors (Lipinski definition) is 0. The lowest BCUT2D eigenvalue weighted by Crippen LogP contribution is -2.27. The largest absolute Gasteiger partial charge is 0.287 e. The third-order valence-corrected chi connectivity index (χ3v) is 1.71. The second kappa shape index (κ2) is 2.77. The quantitative estimate of drug-likeness (QED) is 0.403. The van der Waals surface area contributed by atoms with Crippen molar-refractivity contribution in [3.8, 4) is 0 Å². The molecule has 4 nitrogen and oxygen atoms in total. The van der Waals surface area contributed by atoms with Gasteiger partial charge in [-0.05, 0) is 13.3 Å². The van der Waals surface area contributed by atoms with E-state index in [-0.39, 0.29) is 4.92 Å². The molecule has 0 fully saturated rings. The highest BCUT2D eigenvalue weighted by atomic mass is 16.6. The van der Waals surface area contributed by atoms with Crippen molar-refractivity contribution in [3.05, 3.63) is 10.1 Å². The Morgan fingerprint density at radius 3 is 2.90 bits per heavy atom. The number of nitro groups is 1. The molecular formula is C6H10N2O2. The first-order valence-corrected chi connectivity index (χ1v) is 3.33. The van der Waals surface area contributed by atoms with Gasteiger partial charge in [-0.25, -0.2) is 0 Å². The van der Waals surface area contributed by atoms with Crippen LogP contribution >= 0.6 is 0 Å². The maximum atomic E-state index is 10.2. The number of nitrogens with zero attached hydrogens (tertiary/aromatic N) is 2. The van der Waals surface area contributed by atoms with Gasteiger partial charge in [-0.2, -0.15) is 0 Å². The summed E-state index contributed by atoms with van der Waals surface area (Å²) in [6.45, 7) is 2.29. The number of hydrogen-bond acceptors (Lipinski definition) is 3. The zero-order valence-corrected chi connectivity index (χ0v) is 5.91. The maximum absolute atomic E-state index is 10.2. The molecule has 0 aromatic rings. The van der Waals surface area contributed by atoms with E-state index in [2.05, 4.69) is 4.99 Å². The summed E-state index contributed by atoms with van der Waals surface area (Å²) in [5, 5.41) is 10.2. The van der Waals surface area contributed by atoms with Crippen LogP contribution in [-0.4, -0.2) is 23.2 Å². The van der Waals surface area contributed by atoms with E-state index in [1.807, 2.05) is 6.92 Å². The van der Waals surface area contributed by atoms with Crippen LogP contribution in [0.4, 0.5) is 0 Å². The van der Waals surface area contributed by atoms with Gasteiger partial charge in [0.25, 0.3) is 0 Å². The van der Waals surface area contributed by atoms with Crippen LogP contribution in [-0.2, 0) is 0 Å². The Balaban J connectivity index is 2.50. The summed E-state index contributed by atoms with van der Waals surface area (Å²) in [6.07, 6.45) is 1.44. The van der Waals surface area contributed by atoms with E-state index in [0.29, 0.717) is 13.0 Å². The highest BCUT2D eigenvalue weighted by molar-refractivity contribution is 5.82. The van der Waals surface area contributed by atoms with E-state index in [1.54, 1.807) is 0 Å². The van der Waals surface area contributed by atoms with E-state index >= 15 is 0 Å². The zero-order chi connectivity index (χ0) is 7.56. The minimum absolute atomic E-state index is 0.240. The Labute approximate surface area is 59.1 Å². The fourth-order valence-electron chi connectivity index (χ4n) is 0.979. The zero-order valence-electron chi connectivity index (χ0n) is 5.91.